The lowest BCUT2D eigenvalue weighted by Gasteiger charge is -2.39. The molecule has 7 nitrogen and oxygen atoms in total. The Labute approximate surface area is 198 Å². The number of halogens is 1. The van der Waals surface area contributed by atoms with Gasteiger partial charge >= 0.3 is 0 Å². The zero-order chi connectivity index (χ0) is 24.4. The second-order valence-corrected chi connectivity index (χ2v) is 10.7. The summed E-state index contributed by atoms with van der Waals surface area (Å²) in [6.45, 7) is 7.18. The Bertz CT molecular complexity index is 868. The molecule has 0 spiro atoms. The van der Waals surface area contributed by atoms with Crippen LogP contribution in [0.4, 0.5) is 4.39 Å². The van der Waals surface area contributed by atoms with E-state index in [2.05, 4.69) is 0 Å². The maximum absolute atomic E-state index is 13.4. The number of carbonyl (C=O) groups excluding carboxylic acids is 2. The summed E-state index contributed by atoms with van der Waals surface area (Å²) in [5, 5.41) is 0. The van der Waals surface area contributed by atoms with Gasteiger partial charge in [-0.25, -0.2) is 12.8 Å². The average Bonchev–Trinajstić information content (AvgIpc) is 2.78. The van der Waals surface area contributed by atoms with Crippen LogP contribution in [0.5, 0.6) is 0 Å². The zero-order valence-electron chi connectivity index (χ0n) is 20.1. The zero-order valence-corrected chi connectivity index (χ0v) is 20.9. The summed E-state index contributed by atoms with van der Waals surface area (Å²) in [5.41, 5.74) is 0.785. The molecule has 9 heteroatoms. The molecule has 0 N–H and O–H groups in total. The Morgan fingerprint density at radius 3 is 2.21 bits per heavy atom. The Hall–Kier alpha value is -2.00. The molecule has 0 aliphatic carbocycles. The lowest BCUT2D eigenvalue weighted by Crippen LogP contribution is -2.51. The molecule has 1 heterocycles. The van der Waals surface area contributed by atoms with Crippen LogP contribution in [0.1, 0.15) is 64.9 Å². The Kier molecular flexibility index (Phi) is 10.8. The first-order valence-corrected chi connectivity index (χ1v) is 13.6. The van der Waals surface area contributed by atoms with Crippen LogP contribution in [0.2, 0.25) is 0 Å². The van der Waals surface area contributed by atoms with Gasteiger partial charge in [-0.1, -0.05) is 32.9 Å². The molecule has 1 aromatic rings. The van der Waals surface area contributed by atoms with E-state index in [1.165, 1.54) is 16.4 Å². The van der Waals surface area contributed by atoms with Gasteiger partial charge in [0.05, 0.1) is 12.3 Å². The summed E-state index contributed by atoms with van der Waals surface area (Å²) in [4.78, 5) is 29.3. The molecule has 0 atom stereocenters. The van der Waals surface area contributed by atoms with Crippen molar-refractivity contribution in [2.45, 2.75) is 71.9 Å². The predicted octanol–water partition coefficient (Wildman–Crippen LogP) is 3.40. The molecule has 186 valence electrons. The Balaban J connectivity index is 2.20. The summed E-state index contributed by atoms with van der Waals surface area (Å²) in [6.07, 6.45) is 3.69. The van der Waals surface area contributed by atoms with Gasteiger partial charge in [-0.2, -0.15) is 4.31 Å². The van der Waals surface area contributed by atoms with Gasteiger partial charge < -0.3 is 9.80 Å². The first kappa shape index (κ1) is 27.2. The van der Waals surface area contributed by atoms with Crippen molar-refractivity contribution < 1.29 is 22.4 Å². The molecular formula is C24H38FN3O4S. The van der Waals surface area contributed by atoms with Gasteiger partial charge in [0.25, 0.3) is 0 Å². The number of likely N-dealkylation sites (tertiary alicyclic amines) is 1. The molecule has 2 amide bonds. The second-order valence-electron chi connectivity index (χ2n) is 8.66. The molecule has 0 bridgehead atoms. The predicted molar refractivity (Wildman–Crippen MR) is 127 cm³/mol. The van der Waals surface area contributed by atoms with Crippen LogP contribution in [-0.2, 0) is 26.2 Å². The highest BCUT2D eigenvalue weighted by atomic mass is 32.2. The second kappa shape index (κ2) is 13.0. The highest BCUT2D eigenvalue weighted by Crippen LogP contribution is 2.21. The van der Waals surface area contributed by atoms with E-state index in [4.69, 9.17) is 0 Å². The topological polar surface area (TPSA) is 78.0 Å². The smallest absolute Gasteiger partial charge is 0.238 e. The van der Waals surface area contributed by atoms with Crippen molar-refractivity contribution in [1.29, 1.82) is 0 Å². The van der Waals surface area contributed by atoms with Crippen molar-refractivity contribution >= 4 is 21.8 Å². The molecule has 1 aliphatic rings. The summed E-state index contributed by atoms with van der Waals surface area (Å²) in [5.74, 6) is -0.465. The minimum Gasteiger partial charge on any atom is -0.343 e. The van der Waals surface area contributed by atoms with E-state index in [0.717, 1.165) is 12.0 Å². The van der Waals surface area contributed by atoms with Crippen molar-refractivity contribution in [3.8, 4) is 0 Å². The van der Waals surface area contributed by atoms with Gasteiger partial charge in [0, 0.05) is 38.6 Å². The van der Waals surface area contributed by atoms with Gasteiger partial charge in [0.15, 0.2) is 0 Å². The molecule has 0 aromatic heterocycles. The van der Waals surface area contributed by atoms with E-state index in [1.807, 2.05) is 18.7 Å². The molecule has 0 radical (unpaired) electrons. The third-order valence-electron chi connectivity index (χ3n) is 5.95. The molecule has 0 unspecified atom stereocenters. The lowest BCUT2D eigenvalue weighted by molar-refractivity contribution is -0.137. The standard InChI is InChI=1S/C24H38FN3O4S/c1-4-7-23(29)26-15-12-22(13-16-26)28(18-20-8-10-21(25)11-9-20)24(30)19-27(14-5-2)33(31,32)17-6-3/h8-11,22H,4-7,12-19H2,1-3H3. The number of rotatable bonds is 12. The number of amides is 2. The normalized spacial score (nSPS) is 15.1. The molecular weight excluding hydrogens is 445 g/mol. The van der Waals surface area contributed by atoms with Crippen molar-refractivity contribution in [1.82, 2.24) is 14.1 Å². The van der Waals surface area contributed by atoms with E-state index < -0.39 is 10.0 Å². The van der Waals surface area contributed by atoms with E-state index in [-0.39, 0.29) is 42.5 Å². The summed E-state index contributed by atoms with van der Waals surface area (Å²) in [7, 11) is -3.52. The van der Waals surface area contributed by atoms with Crippen molar-refractivity contribution in [3.63, 3.8) is 0 Å². The van der Waals surface area contributed by atoms with Crippen LogP contribution in [0.3, 0.4) is 0 Å². The quantitative estimate of drug-likeness (QED) is 0.457. The fourth-order valence-corrected chi connectivity index (χ4v) is 5.74. The Morgan fingerprint density at radius 1 is 1.03 bits per heavy atom. The average molecular weight is 484 g/mol. The van der Waals surface area contributed by atoms with Crippen molar-refractivity contribution in [3.05, 3.63) is 35.6 Å². The van der Waals surface area contributed by atoms with E-state index in [9.17, 15) is 22.4 Å². The summed E-state index contributed by atoms with van der Waals surface area (Å²) >= 11 is 0. The van der Waals surface area contributed by atoms with E-state index in [0.29, 0.717) is 51.7 Å². The summed E-state index contributed by atoms with van der Waals surface area (Å²) < 4.78 is 40.1. The molecule has 33 heavy (non-hydrogen) atoms. The van der Waals surface area contributed by atoms with Crippen LogP contribution < -0.4 is 0 Å². The number of hydrogen-bond donors (Lipinski definition) is 0. The minimum atomic E-state index is -3.52. The number of sulfonamides is 1. The van der Waals surface area contributed by atoms with Gasteiger partial charge in [-0.05, 0) is 49.8 Å². The van der Waals surface area contributed by atoms with E-state index in [1.54, 1.807) is 24.0 Å². The maximum Gasteiger partial charge on any atom is 0.238 e. The van der Waals surface area contributed by atoms with Crippen LogP contribution in [0.25, 0.3) is 0 Å². The SMILES string of the molecule is CCCC(=O)N1CCC(N(Cc2ccc(F)cc2)C(=O)CN(CCC)S(=O)(=O)CCC)CC1. The van der Waals surface area contributed by atoms with Gasteiger partial charge in [-0.15, -0.1) is 0 Å². The largest absolute Gasteiger partial charge is 0.343 e. The van der Waals surface area contributed by atoms with Crippen LogP contribution in [-0.4, -0.2) is 72.3 Å². The fraction of sp³-hybridized carbons (Fsp3) is 0.667. The monoisotopic (exact) mass is 483 g/mol. The van der Waals surface area contributed by atoms with E-state index >= 15 is 0 Å². The van der Waals surface area contributed by atoms with Crippen LogP contribution in [0, 0.1) is 5.82 Å². The highest BCUT2D eigenvalue weighted by Gasteiger charge is 2.32. The number of carbonyl (C=O) groups is 2. The number of piperidine rings is 1. The van der Waals surface area contributed by atoms with Crippen molar-refractivity contribution in [2.75, 3.05) is 31.9 Å². The van der Waals surface area contributed by atoms with Crippen LogP contribution >= 0.6 is 0 Å². The fourth-order valence-electron chi connectivity index (χ4n) is 4.20. The molecule has 0 saturated carbocycles. The van der Waals surface area contributed by atoms with Gasteiger partial charge in [-0.3, -0.25) is 9.59 Å². The summed E-state index contributed by atoms with van der Waals surface area (Å²) in [6, 6.07) is 5.91. The van der Waals surface area contributed by atoms with Crippen LogP contribution in [0.15, 0.2) is 24.3 Å². The molecule has 2 rings (SSSR count). The minimum absolute atomic E-state index is 0.0101. The van der Waals surface area contributed by atoms with Gasteiger partial charge in [0.2, 0.25) is 21.8 Å². The lowest BCUT2D eigenvalue weighted by atomic mass is 10.0. The molecule has 1 aliphatic heterocycles. The number of nitrogens with zero attached hydrogens (tertiary/aromatic N) is 3. The third-order valence-corrected chi connectivity index (χ3v) is 7.97. The maximum atomic E-state index is 13.4. The molecule has 1 aromatic carbocycles. The number of benzene rings is 1. The first-order chi connectivity index (χ1) is 15.7. The van der Waals surface area contributed by atoms with Crippen molar-refractivity contribution in [2.24, 2.45) is 0 Å². The Morgan fingerprint density at radius 2 is 1.67 bits per heavy atom. The molecule has 1 saturated heterocycles. The molecule has 1 fully saturated rings. The first-order valence-electron chi connectivity index (χ1n) is 12.0. The number of hydrogen-bond acceptors (Lipinski definition) is 4. The van der Waals surface area contributed by atoms with Gasteiger partial charge in [0.1, 0.15) is 5.82 Å². The third kappa shape index (κ3) is 8.07. The highest BCUT2D eigenvalue weighted by molar-refractivity contribution is 7.89.